The van der Waals surface area contributed by atoms with Gasteiger partial charge < -0.3 is 9.80 Å². The van der Waals surface area contributed by atoms with Crippen LogP contribution in [0.1, 0.15) is 0 Å². The van der Waals surface area contributed by atoms with Crippen molar-refractivity contribution in [2.75, 3.05) is 31.1 Å². The quantitative estimate of drug-likeness (QED) is 0.851. The van der Waals surface area contributed by atoms with Crippen LogP contribution in [0, 0.1) is 11.9 Å². The molecule has 2 aromatic rings. The molecular formula is C15H16FN4O. The molecule has 1 saturated heterocycles. The third-order valence-electron chi connectivity index (χ3n) is 3.59. The van der Waals surface area contributed by atoms with Gasteiger partial charge in [-0.1, -0.05) is 0 Å². The van der Waals surface area contributed by atoms with Crippen molar-refractivity contribution >= 4 is 11.6 Å². The van der Waals surface area contributed by atoms with E-state index in [1.165, 1.54) is 12.1 Å². The molecular weight excluding hydrogens is 271 g/mol. The third-order valence-corrected chi connectivity index (χ3v) is 3.59. The Balaban J connectivity index is 1.56. The number of benzene rings is 1. The topological polar surface area (TPSA) is 41.4 Å². The second-order valence-electron chi connectivity index (χ2n) is 4.98. The number of anilines is 1. The average Bonchev–Trinajstić information content (AvgIpc) is 3.00. The number of hydrogen-bond donors (Lipinski definition) is 0. The summed E-state index contributed by atoms with van der Waals surface area (Å²) < 4.78 is 14.8. The van der Waals surface area contributed by atoms with Crippen molar-refractivity contribution in [1.29, 1.82) is 0 Å². The molecule has 5 nitrogen and oxygen atoms in total. The van der Waals surface area contributed by atoms with Crippen LogP contribution in [0.3, 0.4) is 0 Å². The zero-order chi connectivity index (χ0) is 14.7. The van der Waals surface area contributed by atoms with E-state index in [4.69, 9.17) is 0 Å². The summed E-state index contributed by atoms with van der Waals surface area (Å²) in [4.78, 5) is 16.0. The number of amides is 1. The fraction of sp³-hybridized carbons (Fsp3) is 0.333. The van der Waals surface area contributed by atoms with Gasteiger partial charge in [0.2, 0.25) is 5.91 Å². The highest BCUT2D eigenvalue weighted by molar-refractivity contribution is 5.76. The van der Waals surface area contributed by atoms with Gasteiger partial charge in [0.15, 0.2) is 0 Å². The lowest BCUT2D eigenvalue weighted by Gasteiger charge is -2.36. The van der Waals surface area contributed by atoms with Gasteiger partial charge >= 0.3 is 0 Å². The molecule has 1 aliphatic heterocycles. The van der Waals surface area contributed by atoms with Crippen LogP contribution >= 0.6 is 0 Å². The number of hydrogen-bond acceptors (Lipinski definition) is 3. The van der Waals surface area contributed by atoms with Gasteiger partial charge in [-0.05, 0) is 30.3 Å². The molecule has 0 unspecified atom stereocenters. The SMILES string of the molecule is O=C(Cn1cccn1)N1CCN(c2c[c]cc(F)c2)CC1. The molecule has 1 fully saturated rings. The zero-order valence-corrected chi connectivity index (χ0v) is 11.6. The highest BCUT2D eigenvalue weighted by Gasteiger charge is 2.21. The molecule has 3 rings (SSSR count). The summed E-state index contributed by atoms with van der Waals surface area (Å²) in [7, 11) is 0. The Morgan fingerprint density at radius 1 is 1.29 bits per heavy atom. The monoisotopic (exact) mass is 287 g/mol. The maximum Gasteiger partial charge on any atom is 0.244 e. The lowest BCUT2D eigenvalue weighted by molar-refractivity contribution is -0.132. The van der Waals surface area contributed by atoms with E-state index in [2.05, 4.69) is 16.1 Å². The molecule has 1 amide bonds. The van der Waals surface area contributed by atoms with Crippen LogP contribution in [0.5, 0.6) is 0 Å². The number of carbonyl (C=O) groups excluding carboxylic acids is 1. The molecule has 0 aliphatic carbocycles. The Morgan fingerprint density at radius 3 is 2.76 bits per heavy atom. The summed E-state index contributed by atoms with van der Waals surface area (Å²) in [6, 6.07) is 9.16. The van der Waals surface area contributed by atoms with E-state index in [-0.39, 0.29) is 18.3 Å². The van der Waals surface area contributed by atoms with Crippen LogP contribution in [-0.4, -0.2) is 46.8 Å². The van der Waals surface area contributed by atoms with Gasteiger partial charge in [0, 0.05) is 44.3 Å². The maximum atomic E-state index is 13.2. The number of carbonyl (C=O) groups is 1. The Labute approximate surface area is 122 Å². The molecule has 0 spiro atoms. The third kappa shape index (κ3) is 3.21. The van der Waals surface area contributed by atoms with Crippen LogP contribution in [-0.2, 0) is 11.3 Å². The lowest BCUT2D eigenvalue weighted by Crippen LogP contribution is -2.49. The molecule has 21 heavy (non-hydrogen) atoms. The first-order valence-electron chi connectivity index (χ1n) is 6.89. The van der Waals surface area contributed by atoms with Crippen molar-refractivity contribution in [1.82, 2.24) is 14.7 Å². The van der Waals surface area contributed by atoms with Gasteiger partial charge in [-0.3, -0.25) is 9.48 Å². The molecule has 1 aromatic heterocycles. The summed E-state index contributed by atoms with van der Waals surface area (Å²) >= 11 is 0. The Kier molecular flexibility index (Phi) is 3.85. The normalized spacial score (nSPS) is 15.3. The van der Waals surface area contributed by atoms with Gasteiger partial charge in [-0.15, -0.1) is 0 Å². The minimum atomic E-state index is -0.287. The van der Waals surface area contributed by atoms with Crippen molar-refractivity contribution in [2.24, 2.45) is 0 Å². The predicted octanol–water partition coefficient (Wildman–Crippen LogP) is 1.17. The van der Waals surface area contributed by atoms with Gasteiger partial charge in [-0.25, -0.2) is 4.39 Å². The summed E-state index contributed by atoms with van der Waals surface area (Å²) in [5.41, 5.74) is 0.814. The first-order chi connectivity index (χ1) is 10.2. The molecule has 0 saturated carbocycles. The van der Waals surface area contributed by atoms with Crippen LogP contribution < -0.4 is 4.90 Å². The molecule has 109 valence electrons. The minimum Gasteiger partial charge on any atom is -0.368 e. The first-order valence-corrected chi connectivity index (χ1v) is 6.89. The van der Waals surface area contributed by atoms with Gasteiger partial charge in [0.1, 0.15) is 12.4 Å². The summed E-state index contributed by atoms with van der Waals surface area (Å²) in [5, 5.41) is 4.04. The highest BCUT2D eigenvalue weighted by Crippen LogP contribution is 2.17. The van der Waals surface area contributed by atoms with Crippen molar-refractivity contribution < 1.29 is 9.18 Å². The lowest BCUT2D eigenvalue weighted by atomic mass is 10.2. The van der Waals surface area contributed by atoms with E-state index in [1.807, 2.05) is 4.90 Å². The molecule has 0 N–H and O–H groups in total. The van der Waals surface area contributed by atoms with Gasteiger partial charge in [0.25, 0.3) is 0 Å². The molecule has 1 aromatic carbocycles. The summed E-state index contributed by atoms with van der Waals surface area (Å²) in [5.74, 6) is -0.228. The fourth-order valence-electron chi connectivity index (χ4n) is 2.46. The van der Waals surface area contributed by atoms with Crippen LogP contribution in [0.25, 0.3) is 0 Å². The Hall–Kier alpha value is -2.37. The van der Waals surface area contributed by atoms with E-state index >= 15 is 0 Å². The number of nitrogens with zero attached hydrogens (tertiary/aromatic N) is 4. The maximum absolute atomic E-state index is 13.2. The first kappa shape index (κ1) is 13.6. The predicted molar refractivity (Wildman–Crippen MR) is 76.3 cm³/mol. The molecule has 2 heterocycles. The largest absolute Gasteiger partial charge is 0.368 e. The number of rotatable bonds is 3. The summed E-state index contributed by atoms with van der Waals surface area (Å²) in [6.45, 7) is 2.93. The molecule has 6 heteroatoms. The highest BCUT2D eigenvalue weighted by atomic mass is 19.1. The van der Waals surface area contributed by atoms with Gasteiger partial charge in [0.05, 0.1) is 0 Å². The van der Waals surface area contributed by atoms with Crippen LogP contribution in [0.4, 0.5) is 10.1 Å². The molecule has 1 aliphatic rings. The fourth-order valence-corrected chi connectivity index (χ4v) is 2.46. The van der Waals surface area contributed by atoms with E-state index in [1.54, 1.807) is 29.2 Å². The number of piperazine rings is 1. The van der Waals surface area contributed by atoms with E-state index in [9.17, 15) is 9.18 Å². The molecule has 0 atom stereocenters. The second-order valence-corrected chi connectivity index (χ2v) is 4.98. The minimum absolute atomic E-state index is 0.0594. The molecule has 0 bridgehead atoms. The van der Waals surface area contributed by atoms with Gasteiger partial charge in [-0.2, -0.15) is 5.10 Å². The zero-order valence-electron chi connectivity index (χ0n) is 11.6. The number of aromatic nitrogens is 2. The standard InChI is InChI=1S/C15H16FN4O/c16-13-3-1-4-14(11-13)18-7-9-19(10-8-18)15(21)12-20-6-2-5-17-20/h2-6,11H,7-10,12H2. The van der Waals surface area contributed by atoms with Crippen molar-refractivity contribution in [3.8, 4) is 0 Å². The van der Waals surface area contributed by atoms with Crippen LogP contribution in [0.15, 0.2) is 36.7 Å². The summed E-state index contributed by atoms with van der Waals surface area (Å²) in [6.07, 6.45) is 3.43. The second kappa shape index (κ2) is 5.95. The molecule has 1 radical (unpaired) electrons. The van der Waals surface area contributed by atoms with E-state index in [0.29, 0.717) is 26.2 Å². The smallest absolute Gasteiger partial charge is 0.244 e. The van der Waals surface area contributed by atoms with Crippen molar-refractivity contribution in [3.63, 3.8) is 0 Å². The van der Waals surface area contributed by atoms with E-state index in [0.717, 1.165) is 5.69 Å². The average molecular weight is 287 g/mol. The van der Waals surface area contributed by atoms with Crippen molar-refractivity contribution in [3.05, 3.63) is 48.5 Å². The van der Waals surface area contributed by atoms with E-state index < -0.39 is 0 Å². The van der Waals surface area contributed by atoms with Crippen LogP contribution in [0.2, 0.25) is 0 Å². The Bertz CT molecular complexity index is 606. The Morgan fingerprint density at radius 2 is 2.10 bits per heavy atom. The number of halogens is 1. The van der Waals surface area contributed by atoms with Crippen molar-refractivity contribution in [2.45, 2.75) is 6.54 Å².